The molecule has 0 aromatic heterocycles. The Morgan fingerprint density at radius 2 is 2.18 bits per heavy atom. The number of nitrogen functional groups attached to an aromatic ring is 1. The smallest absolute Gasteiger partial charge is 0.250 e. The summed E-state index contributed by atoms with van der Waals surface area (Å²) in [5.74, 6) is -0.224. The van der Waals surface area contributed by atoms with E-state index in [2.05, 4.69) is 5.32 Å². The summed E-state index contributed by atoms with van der Waals surface area (Å²) in [4.78, 5) is 11.5. The zero-order valence-electron chi connectivity index (χ0n) is 10.2. The molecule has 1 aromatic carbocycles. The van der Waals surface area contributed by atoms with Crippen molar-refractivity contribution < 1.29 is 14.3 Å². The molecule has 0 radical (unpaired) electrons. The largest absolute Gasteiger partial charge is 0.397 e. The van der Waals surface area contributed by atoms with Crippen molar-refractivity contribution in [2.24, 2.45) is 0 Å². The fourth-order valence-corrected chi connectivity index (χ4v) is 1.27. The molecule has 0 fully saturated rings. The van der Waals surface area contributed by atoms with Gasteiger partial charge in [-0.1, -0.05) is 6.07 Å². The zero-order chi connectivity index (χ0) is 12.7. The highest BCUT2D eigenvalue weighted by molar-refractivity contribution is 5.94. The highest BCUT2D eigenvalue weighted by Crippen LogP contribution is 2.19. The number of ether oxygens (including phenoxy) is 2. The molecule has 5 nitrogen and oxygen atoms in total. The van der Waals surface area contributed by atoms with Crippen LogP contribution < -0.4 is 11.1 Å². The van der Waals surface area contributed by atoms with Gasteiger partial charge in [-0.2, -0.15) is 0 Å². The number of benzene rings is 1. The van der Waals surface area contributed by atoms with Crippen LogP contribution in [-0.2, 0) is 14.3 Å². The maximum Gasteiger partial charge on any atom is 0.250 e. The van der Waals surface area contributed by atoms with E-state index < -0.39 is 0 Å². The molecule has 0 saturated heterocycles. The molecule has 0 bridgehead atoms. The molecule has 1 aromatic rings. The number of hydrogen-bond acceptors (Lipinski definition) is 4. The van der Waals surface area contributed by atoms with E-state index in [-0.39, 0.29) is 12.5 Å². The van der Waals surface area contributed by atoms with Gasteiger partial charge >= 0.3 is 0 Å². The first-order chi connectivity index (χ1) is 8.13. The van der Waals surface area contributed by atoms with Gasteiger partial charge in [-0.15, -0.1) is 0 Å². The van der Waals surface area contributed by atoms with Crippen LogP contribution in [0.5, 0.6) is 0 Å². The van der Waals surface area contributed by atoms with Crippen molar-refractivity contribution in [2.75, 3.05) is 38.0 Å². The zero-order valence-corrected chi connectivity index (χ0v) is 10.2. The first-order valence-electron chi connectivity index (χ1n) is 5.36. The van der Waals surface area contributed by atoms with Crippen molar-refractivity contribution in [3.63, 3.8) is 0 Å². The fraction of sp³-hybridized carbons (Fsp3) is 0.417. The Morgan fingerprint density at radius 3 is 2.88 bits per heavy atom. The van der Waals surface area contributed by atoms with Gasteiger partial charge in [0.2, 0.25) is 5.91 Å². The molecule has 17 heavy (non-hydrogen) atoms. The molecular weight excluding hydrogens is 220 g/mol. The Labute approximate surface area is 101 Å². The first kappa shape index (κ1) is 13.5. The maximum atomic E-state index is 11.5. The van der Waals surface area contributed by atoms with Gasteiger partial charge in [-0.3, -0.25) is 4.79 Å². The van der Waals surface area contributed by atoms with Crippen molar-refractivity contribution in [1.82, 2.24) is 0 Å². The van der Waals surface area contributed by atoms with E-state index in [0.717, 1.165) is 5.56 Å². The lowest BCUT2D eigenvalue weighted by atomic mass is 10.2. The van der Waals surface area contributed by atoms with Gasteiger partial charge in [-0.05, 0) is 24.6 Å². The lowest BCUT2D eigenvalue weighted by molar-refractivity contribution is -0.121. The van der Waals surface area contributed by atoms with Crippen LogP contribution in [0.25, 0.3) is 0 Å². The normalized spacial score (nSPS) is 10.2. The molecule has 0 atom stereocenters. The molecule has 0 aliphatic carbocycles. The van der Waals surface area contributed by atoms with Crippen LogP contribution in [0.3, 0.4) is 0 Å². The highest BCUT2D eigenvalue weighted by atomic mass is 16.5. The summed E-state index contributed by atoms with van der Waals surface area (Å²) in [6, 6.07) is 5.47. The van der Waals surface area contributed by atoms with Crippen molar-refractivity contribution in [3.05, 3.63) is 23.8 Å². The average Bonchev–Trinajstić information content (AvgIpc) is 2.29. The minimum absolute atomic E-state index is 0.00323. The summed E-state index contributed by atoms with van der Waals surface area (Å²) in [6.07, 6.45) is 0. The number of methoxy groups -OCH3 is 1. The summed E-state index contributed by atoms with van der Waals surface area (Å²) in [6.45, 7) is 2.80. The lowest BCUT2D eigenvalue weighted by Crippen LogP contribution is -2.20. The van der Waals surface area contributed by atoms with Crippen LogP contribution in [0.15, 0.2) is 18.2 Å². The minimum Gasteiger partial charge on any atom is -0.397 e. The first-order valence-corrected chi connectivity index (χ1v) is 5.36. The van der Waals surface area contributed by atoms with Crippen LogP contribution in [-0.4, -0.2) is 32.8 Å². The van der Waals surface area contributed by atoms with Gasteiger partial charge in [0.15, 0.2) is 0 Å². The van der Waals surface area contributed by atoms with E-state index in [9.17, 15) is 4.79 Å². The number of nitrogens with two attached hydrogens (primary N) is 1. The molecular formula is C12H18N2O3. The van der Waals surface area contributed by atoms with Crippen molar-refractivity contribution in [3.8, 4) is 0 Å². The molecule has 0 aliphatic heterocycles. The molecule has 1 rings (SSSR count). The van der Waals surface area contributed by atoms with Crippen LogP contribution in [0.1, 0.15) is 5.56 Å². The van der Waals surface area contributed by atoms with Crippen LogP contribution in [0, 0.1) is 6.92 Å². The van der Waals surface area contributed by atoms with E-state index >= 15 is 0 Å². The Kier molecular flexibility index (Phi) is 5.45. The Morgan fingerprint density at radius 1 is 1.41 bits per heavy atom. The molecule has 0 heterocycles. The standard InChI is InChI=1S/C12H18N2O3/c1-9-3-4-10(13)11(7-9)14-12(15)8-17-6-5-16-2/h3-4,7H,5-6,8,13H2,1-2H3,(H,14,15). The molecule has 94 valence electrons. The molecule has 0 spiro atoms. The van der Waals surface area contributed by atoms with Gasteiger partial charge in [0.1, 0.15) is 6.61 Å². The SMILES string of the molecule is COCCOCC(=O)Nc1cc(C)ccc1N. The third-order valence-corrected chi connectivity index (χ3v) is 2.15. The predicted octanol–water partition coefficient (Wildman–Crippen LogP) is 1.18. The van der Waals surface area contributed by atoms with Gasteiger partial charge < -0.3 is 20.5 Å². The monoisotopic (exact) mass is 238 g/mol. The van der Waals surface area contributed by atoms with E-state index in [0.29, 0.717) is 24.6 Å². The van der Waals surface area contributed by atoms with Gasteiger partial charge in [0.05, 0.1) is 24.6 Å². The number of nitrogens with one attached hydrogen (secondary N) is 1. The molecule has 1 amide bonds. The molecule has 0 saturated carbocycles. The summed E-state index contributed by atoms with van der Waals surface area (Å²) in [5, 5.41) is 2.70. The van der Waals surface area contributed by atoms with E-state index in [4.69, 9.17) is 15.2 Å². The summed E-state index contributed by atoms with van der Waals surface area (Å²) >= 11 is 0. The number of amides is 1. The Balaban J connectivity index is 2.42. The summed E-state index contributed by atoms with van der Waals surface area (Å²) < 4.78 is 9.90. The topological polar surface area (TPSA) is 73.6 Å². The van der Waals surface area contributed by atoms with Crippen LogP contribution >= 0.6 is 0 Å². The second-order valence-corrected chi connectivity index (χ2v) is 3.68. The quantitative estimate of drug-likeness (QED) is 0.576. The molecule has 5 heteroatoms. The Hall–Kier alpha value is -1.59. The predicted molar refractivity (Wildman–Crippen MR) is 66.9 cm³/mol. The fourth-order valence-electron chi connectivity index (χ4n) is 1.27. The van der Waals surface area contributed by atoms with Gasteiger partial charge in [0, 0.05) is 7.11 Å². The van der Waals surface area contributed by atoms with Crippen LogP contribution in [0.2, 0.25) is 0 Å². The minimum atomic E-state index is -0.224. The summed E-state index contributed by atoms with van der Waals surface area (Å²) in [5.41, 5.74) is 7.93. The number of rotatable bonds is 6. The number of aryl methyl sites for hydroxylation is 1. The lowest BCUT2D eigenvalue weighted by Gasteiger charge is -2.09. The molecule has 3 N–H and O–H groups in total. The summed E-state index contributed by atoms with van der Waals surface area (Å²) in [7, 11) is 1.58. The van der Waals surface area contributed by atoms with Crippen molar-refractivity contribution in [2.45, 2.75) is 6.92 Å². The van der Waals surface area contributed by atoms with Crippen LogP contribution in [0.4, 0.5) is 11.4 Å². The molecule has 0 unspecified atom stereocenters. The second kappa shape index (κ2) is 6.88. The number of carbonyl (C=O) groups is 1. The van der Waals surface area contributed by atoms with Gasteiger partial charge in [0.25, 0.3) is 0 Å². The van der Waals surface area contributed by atoms with E-state index in [1.54, 1.807) is 13.2 Å². The number of carbonyl (C=O) groups excluding carboxylic acids is 1. The Bertz CT molecular complexity index is 380. The third kappa shape index (κ3) is 4.84. The number of hydrogen-bond donors (Lipinski definition) is 2. The van der Waals surface area contributed by atoms with Crippen molar-refractivity contribution >= 4 is 17.3 Å². The van der Waals surface area contributed by atoms with Gasteiger partial charge in [-0.25, -0.2) is 0 Å². The van der Waals surface area contributed by atoms with E-state index in [1.807, 2.05) is 19.1 Å². The average molecular weight is 238 g/mol. The second-order valence-electron chi connectivity index (χ2n) is 3.68. The highest BCUT2D eigenvalue weighted by Gasteiger charge is 2.05. The maximum absolute atomic E-state index is 11.5. The number of anilines is 2. The third-order valence-electron chi connectivity index (χ3n) is 2.15. The van der Waals surface area contributed by atoms with E-state index in [1.165, 1.54) is 0 Å². The van der Waals surface area contributed by atoms with Crippen molar-refractivity contribution in [1.29, 1.82) is 0 Å². The molecule has 0 aliphatic rings.